The highest BCUT2D eigenvalue weighted by molar-refractivity contribution is 5.71. The third-order valence-electron chi connectivity index (χ3n) is 5.40. The molecule has 144 valence electrons. The summed E-state index contributed by atoms with van der Waals surface area (Å²) in [4.78, 5) is 0. The Kier molecular flexibility index (Phi) is 5.36. The van der Waals surface area contributed by atoms with Gasteiger partial charge in [-0.05, 0) is 75.9 Å². The first-order valence-corrected chi connectivity index (χ1v) is 9.54. The van der Waals surface area contributed by atoms with Crippen molar-refractivity contribution in [2.45, 2.75) is 41.5 Å². The highest BCUT2D eigenvalue weighted by Gasteiger charge is 2.19. The molecule has 0 aliphatic heterocycles. The molecular formula is C25H27ClN2. The molecule has 28 heavy (non-hydrogen) atoms. The number of hydrogen-bond donors (Lipinski definition) is 0. The van der Waals surface area contributed by atoms with Crippen LogP contribution in [0.25, 0.3) is 22.5 Å². The molecule has 0 N–H and O–H groups in total. The highest BCUT2D eigenvalue weighted by Crippen LogP contribution is 2.29. The molecule has 0 amide bonds. The van der Waals surface area contributed by atoms with Gasteiger partial charge in [0.2, 0.25) is 0 Å². The van der Waals surface area contributed by atoms with Crippen LogP contribution < -0.4 is 17.0 Å². The van der Waals surface area contributed by atoms with E-state index in [1.165, 1.54) is 55.8 Å². The second kappa shape index (κ2) is 7.44. The van der Waals surface area contributed by atoms with Gasteiger partial charge >= 0.3 is 0 Å². The van der Waals surface area contributed by atoms with E-state index in [9.17, 15) is 0 Å². The first kappa shape index (κ1) is 20.2. The standard InChI is InChI=1S/C25H27N2.ClH/c1-16-10-18(3)24(19(4)11-16)23-9-7-8-22-14-26(15-27(22)23)25-20(5)12-17(2)13-21(25)6;/h7-15H,1-6H3;1H/q+1;/p-1. The molecule has 0 fully saturated rings. The van der Waals surface area contributed by atoms with Gasteiger partial charge in [0.05, 0.1) is 0 Å². The molecule has 0 radical (unpaired) electrons. The van der Waals surface area contributed by atoms with E-state index >= 15 is 0 Å². The van der Waals surface area contributed by atoms with Crippen LogP contribution in [0.15, 0.2) is 55.0 Å². The summed E-state index contributed by atoms with van der Waals surface area (Å²) in [5.41, 5.74) is 12.9. The quantitative estimate of drug-likeness (QED) is 0.465. The predicted octanol–water partition coefficient (Wildman–Crippen LogP) is 2.74. The van der Waals surface area contributed by atoms with Crippen LogP contribution >= 0.6 is 0 Å². The van der Waals surface area contributed by atoms with Gasteiger partial charge in [-0.2, -0.15) is 4.40 Å². The SMILES string of the molecule is Cc1cc(C)c(-c2cccc3c[n+](-c4c(C)cc(C)cc4C)cn23)c(C)c1.[Cl-]. The highest BCUT2D eigenvalue weighted by atomic mass is 35.5. The third kappa shape index (κ3) is 3.33. The molecule has 4 rings (SSSR count). The number of halogens is 1. The summed E-state index contributed by atoms with van der Waals surface area (Å²) in [6, 6.07) is 15.6. The lowest BCUT2D eigenvalue weighted by atomic mass is 9.97. The van der Waals surface area contributed by atoms with E-state index in [0.717, 1.165) is 0 Å². The summed E-state index contributed by atoms with van der Waals surface area (Å²) in [5, 5.41) is 0. The number of benzene rings is 2. The molecule has 0 aliphatic carbocycles. The molecule has 0 saturated heterocycles. The second-order valence-corrected chi connectivity index (χ2v) is 7.88. The van der Waals surface area contributed by atoms with Gasteiger partial charge in [-0.3, -0.25) is 0 Å². The number of aryl methyl sites for hydroxylation is 6. The van der Waals surface area contributed by atoms with Crippen molar-refractivity contribution in [2.24, 2.45) is 0 Å². The Morgan fingerprint density at radius 1 is 0.714 bits per heavy atom. The Hall–Kier alpha value is -2.58. The smallest absolute Gasteiger partial charge is 0.254 e. The zero-order valence-electron chi connectivity index (χ0n) is 17.5. The van der Waals surface area contributed by atoms with Crippen LogP contribution in [0.4, 0.5) is 0 Å². The van der Waals surface area contributed by atoms with Gasteiger partial charge in [0.25, 0.3) is 6.33 Å². The van der Waals surface area contributed by atoms with Gasteiger partial charge in [0.15, 0.2) is 5.52 Å². The van der Waals surface area contributed by atoms with E-state index in [0.29, 0.717) is 0 Å². The molecular weight excluding hydrogens is 364 g/mol. The number of nitrogens with zero attached hydrogens (tertiary/aromatic N) is 2. The van der Waals surface area contributed by atoms with Gasteiger partial charge in [-0.25, -0.2) is 4.57 Å². The summed E-state index contributed by atoms with van der Waals surface area (Å²) in [6.07, 6.45) is 4.45. The normalized spacial score (nSPS) is 10.9. The van der Waals surface area contributed by atoms with Crippen molar-refractivity contribution in [1.29, 1.82) is 0 Å². The minimum Gasteiger partial charge on any atom is -1.00 e. The zero-order chi connectivity index (χ0) is 19.3. The lowest BCUT2D eigenvalue weighted by molar-refractivity contribution is -0.594. The summed E-state index contributed by atoms with van der Waals surface area (Å²) in [6.45, 7) is 13.1. The van der Waals surface area contributed by atoms with Crippen molar-refractivity contribution in [1.82, 2.24) is 4.40 Å². The molecule has 2 nitrogen and oxygen atoms in total. The largest absolute Gasteiger partial charge is 1.00 e. The van der Waals surface area contributed by atoms with E-state index in [1.54, 1.807) is 0 Å². The number of hydrogen-bond acceptors (Lipinski definition) is 0. The molecule has 0 unspecified atom stereocenters. The molecule has 2 heterocycles. The van der Waals surface area contributed by atoms with Gasteiger partial charge in [0.1, 0.15) is 17.6 Å². The topological polar surface area (TPSA) is 8.29 Å². The molecule has 0 spiro atoms. The monoisotopic (exact) mass is 390 g/mol. The maximum atomic E-state index is 2.31. The molecule has 4 aromatic rings. The van der Waals surface area contributed by atoms with Crippen molar-refractivity contribution < 1.29 is 17.0 Å². The van der Waals surface area contributed by atoms with E-state index < -0.39 is 0 Å². The summed E-state index contributed by atoms with van der Waals surface area (Å²) in [7, 11) is 0. The molecule has 0 saturated carbocycles. The van der Waals surface area contributed by atoms with Crippen LogP contribution in [-0.2, 0) is 0 Å². The van der Waals surface area contributed by atoms with Crippen LogP contribution in [-0.4, -0.2) is 4.40 Å². The average molecular weight is 391 g/mol. The minimum atomic E-state index is 0. The molecule has 0 bridgehead atoms. The number of rotatable bonds is 2. The van der Waals surface area contributed by atoms with Crippen LogP contribution in [0.5, 0.6) is 0 Å². The van der Waals surface area contributed by atoms with Crippen molar-refractivity contribution >= 4 is 5.52 Å². The number of pyridine rings is 1. The van der Waals surface area contributed by atoms with Crippen LogP contribution in [0.2, 0.25) is 0 Å². The Morgan fingerprint density at radius 3 is 1.82 bits per heavy atom. The van der Waals surface area contributed by atoms with Gasteiger partial charge in [-0.15, -0.1) is 0 Å². The Morgan fingerprint density at radius 2 is 1.25 bits per heavy atom. The summed E-state index contributed by atoms with van der Waals surface area (Å²) < 4.78 is 4.57. The lowest BCUT2D eigenvalue weighted by Gasteiger charge is -2.10. The maximum absolute atomic E-state index is 2.31. The van der Waals surface area contributed by atoms with Crippen molar-refractivity contribution in [3.05, 3.63) is 88.4 Å². The molecule has 0 aliphatic rings. The molecule has 0 atom stereocenters. The number of imidazole rings is 1. The third-order valence-corrected chi connectivity index (χ3v) is 5.40. The zero-order valence-corrected chi connectivity index (χ0v) is 18.2. The fourth-order valence-corrected chi connectivity index (χ4v) is 4.56. The molecule has 2 aromatic carbocycles. The minimum absolute atomic E-state index is 0. The predicted molar refractivity (Wildman–Crippen MR) is 113 cm³/mol. The lowest BCUT2D eigenvalue weighted by Crippen LogP contribution is -3.00. The van der Waals surface area contributed by atoms with Crippen molar-refractivity contribution in [3.63, 3.8) is 0 Å². The first-order chi connectivity index (χ1) is 12.8. The summed E-state index contributed by atoms with van der Waals surface area (Å²) in [5.74, 6) is 0. The van der Waals surface area contributed by atoms with E-state index in [-0.39, 0.29) is 12.4 Å². The molecule has 2 aromatic heterocycles. The Labute approximate surface area is 173 Å². The fraction of sp³-hybridized carbons (Fsp3) is 0.240. The summed E-state index contributed by atoms with van der Waals surface area (Å²) >= 11 is 0. The average Bonchev–Trinajstić information content (AvgIpc) is 2.97. The van der Waals surface area contributed by atoms with Crippen molar-refractivity contribution in [3.8, 4) is 16.9 Å². The van der Waals surface area contributed by atoms with Crippen molar-refractivity contribution in [2.75, 3.05) is 0 Å². The fourth-order valence-electron chi connectivity index (χ4n) is 4.56. The van der Waals surface area contributed by atoms with Gasteiger partial charge in [-0.1, -0.05) is 41.5 Å². The van der Waals surface area contributed by atoms with Gasteiger partial charge in [0, 0.05) is 5.56 Å². The molecule has 3 heteroatoms. The van der Waals surface area contributed by atoms with E-state index in [1.807, 2.05) is 0 Å². The van der Waals surface area contributed by atoms with E-state index in [4.69, 9.17) is 0 Å². The maximum Gasteiger partial charge on any atom is 0.254 e. The van der Waals surface area contributed by atoms with Gasteiger partial charge < -0.3 is 12.4 Å². The van der Waals surface area contributed by atoms with Crippen LogP contribution in [0.1, 0.15) is 33.4 Å². The second-order valence-electron chi connectivity index (χ2n) is 7.88. The van der Waals surface area contributed by atoms with Crippen LogP contribution in [0.3, 0.4) is 0 Å². The Bertz CT molecular complexity index is 1140. The first-order valence-electron chi connectivity index (χ1n) is 9.54. The van der Waals surface area contributed by atoms with E-state index in [2.05, 4.69) is 105 Å². The number of fused-ring (bicyclic) bond motifs is 1. The Balaban J connectivity index is 0.00000225. The number of aromatic nitrogens is 2. The van der Waals surface area contributed by atoms with Crippen LogP contribution in [0, 0.1) is 41.5 Å².